The van der Waals surface area contributed by atoms with Gasteiger partial charge >= 0.3 is 5.97 Å². The third-order valence-corrected chi connectivity index (χ3v) is 5.05. The molecule has 2 aromatic rings. The SMILES string of the molecule is COc1ccc(N2CCN(C(=O)COC(=O)Cc3ccc(NC(C)=O)cc3)CC2)cc1. The Labute approximate surface area is 181 Å². The number of piperazine rings is 1. The number of esters is 1. The molecule has 1 aliphatic rings. The first kappa shape index (κ1) is 22.1. The molecule has 0 radical (unpaired) electrons. The van der Waals surface area contributed by atoms with Crippen molar-refractivity contribution in [2.45, 2.75) is 13.3 Å². The van der Waals surface area contributed by atoms with E-state index in [4.69, 9.17) is 9.47 Å². The highest BCUT2D eigenvalue weighted by Gasteiger charge is 2.22. The van der Waals surface area contributed by atoms with Gasteiger partial charge in [-0.25, -0.2) is 0 Å². The smallest absolute Gasteiger partial charge is 0.310 e. The zero-order valence-electron chi connectivity index (χ0n) is 17.8. The van der Waals surface area contributed by atoms with E-state index in [1.165, 1.54) is 6.92 Å². The van der Waals surface area contributed by atoms with Crippen molar-refractivity contribution in [3.05, 3.63) is 54.1 Å². The Morgan fingerprint density at radius 2 is 1.58 bits per heavy atom. The van der Waals surface area contributed by atoms with Crippen molar-refractivity contribution in [1.82, 2.24) is 4.90 Å². The molecule has 0 atom stereocenters. The molecule has 164 valence electrons. The molecule has 3 rings (SSSR count). The molecule has 1 aliphatic heterocycles. The first-order valence-electron chi connectivity index (χ1n) is 10.1. The number of ether oxygens (including phenoxy) is 2. The molecule has 1 heterocycles. The minimum atomic E-state index is -0.461. The number of carbonyl (C=O) groups is 3. The molecule has 8 nitrogen and oxygen atoms in total. The van der Waals surface area contributed by atoms with Gasteiger partial charge in [0.1, 0.15) is 5.75 Å². The summed E-state index contributed by atoms with van der Waals surface area (Å²) in [5.74, 6) is -0.000196. The molecule has 1 N–H and O–H groups in total. The van der Waals surface area contributed by atoms with Gasteiger partial charge in [0.05, 0.1) is 13.5 Å². The molecule has 0 aromatic heterocycles. The fraction of sp³-hybridized carbons (Fsp3) is 0.348. The number of rotatable bonds is 7. The summed E-state index contributed by atoms with van der Waals surface area (Å²) >= 11 is 0. The average molecular weight is 425 g/mol. The first-order valence-corrected chi connectivity index (χ1v) is 10.1. The van der Waals surface area contributed by atoms with E-state index in [-0.39, 0.29) is 24.8 Å². The van der Waals surface area contributed by atoms with Gasteiger partial charge in [0, 0.05) is 44.5 Å². The highest BCUT2D eigenvalue weighted by atomic mass is 16.5. The number of hydrogen-bond acceptors (Lipinski definition) is 6. The van der Waals surface area contributed by atoms with Crippen molar-refractivity contribution < 1.29 is 23.9 Å². The van der Waals surface area contributed by atoms with Crippen LogP contribution in [0, 0.1) is 0 Å². The van der Waals surface area contributed by atoms with Crippen LogP contribution in [0.3, 0.4) is 0 Å². The van der Waals surface area contributed by atoms with Crippen LogP contribution in [0.15, 0.2) is 48.5 Å². The zero-order chi connectivity index (χ0) is 22.2. The van der Waals surface area contributed by atoms with Gasteiger partial charge in [-0.3, -0.25) is 14.4 Å². The standard InChI is InChI=1S/C23H27N3O5/c1-17(27)24-19-5-3-18(4-6-19)15-23(29)31-16-22(28)26-13-11-25(12-14-26)20-7-9-21(30-2)10-8-20/h3-10H,11-16H2,1-2H3,(H,24,27). The summed E-state index contributed by atoms with van der Waals surface area (Å²) in [6.45, 7) is 3.76. The summed E-state index contributed by atoms with van der Waals surface area (Å²) < 4.78 is 10.3. The van der Waals surface area contributed by atoms with Gasteiger partial charge in [0.15, 0.2) is 6.61 Å². The summed E-state index contributed by atoms with van der Waals surface area (Å²) in [5.41, 5.74) is 2.50. The van der Waals surface area contributed by atoms with Crippen molar-refractivity contribution in [1.29, 1.82) is 0 Å². The third kappa shape index (κ3) is 6.47. The van der Waals surface area contributed by atoms with E-state index < -0.39 is 5.97 Å². The van der Waals surface area contributed by atoms with Crippen molar-refractivity contribution in [3.63, 3.8) is 0 Å². The lowest BCUT2D eigenvalue weighted by molar-refractivity contribution is -0.151. The van der Waals surface area contributed by atoms with Crippen LogP contribution < -0.4 is 15.0 Å². The van der Waals surface area contributed by atoms with Crippen LogP contribution in [0.2, 0.25) is 0 Å². The van der Waals surface area contributed by atoms with Crippen molar-refractivity contribution in [3.8, 4) is 5.75 Å². The molecular formula is C23H27N3O5. The topological polar surface area (TPSA) is 88.2 Å². The van der Waals surface area contributed by atoms with E-state index in [1.807, 2.05) is 24.3 Å². The quantitative estimate of drug-likeness (QED) is 0.684. The van der Waals surface area contributed by atoms with Gasteiger partial charge in [0.2, 0.25) is 5.91 Å². The van der Waals surface area contributed by atoms with Gasteiger partial charge in [-0.1, -0.05) is 12.1 Å². The number of anilines is 2. The molecule has 31 heavy (non-hydrogen) atoms. The summed E-state index contributed by atoms with van der Waals surface area (Å²) in [5, 5.41) is 2.67. The number of nitrogens with zero attached hydrogens (tertiary/aromatic N) is 2. The van der Waals surface area contributed by atoms with Gasteiger partial charge in [0.25, 0.3) is 5.91 Å². The molecule has 8 heteroatoms. The van der Waals surface area contributed by atoms with Crippen LogP contribution in [-0.4, -0.2) is 62.6 Å². The molecule has 0 saturated carbocycles. The second-order valence-corrected chi connectivity index (χ2v) is 7.28. The van der Waals surface area contributed by atoms with Crippen molar-refractivity contribution in [2.75, 3.05) is 50.1 Å². The second-order valence-electron chi connectivity index (χ2n) is 7.28. The summed E-state index contributed by atoms with van der Waals surface area (Å²) in [6.07, 6.45) is 0.0683. The Hall–Kier alpha value is -3.55. The zero-order valence-corrected chi connectivity index (χ0v) is 17.8. The lowest BCUT2D eigenvalue weighted by Gasteiger charge is -2.36. The van der Waals surface area contributed by atoms with E-state index in [2.05, 4.69) is 10.2 Å². The minimum absolute atomic E-state index is 0.0683. The highest BCUT2D eigenvalue weighted by molar-refractivity contribution is 5.88. The Morgan fingerprint density at radius 1 is 0.935 bits per heavy atom. The Morgan fingerprint density at radius 3 is 2.16 bits per heavy atom. The first-order chi connectivity index (χ1) is 14.9. The van der Waals surface area contributed by atoms with Crippen LogP contribution in [0.25, 0.3) is 0 Å². The molecule has 0 bridgehead atoms. The van der Waals surface area contributed by atoms with Gasteiger partial charge in [-0.15, -0.1) is 0 Å². The number of methoxy groups -OCH3 is 1. The summed E-state index contributed by atoms with van der Waals surface area (Å²) in [6, 6.07) is 14.8. The number of nitrogens with one attached hydrogen (secondary N) is 1. The molecule has 2 aromatic carbocycles. The largest absolute Gasteiger partial charge is 0.497 e. The van der Waals surface area contributed by atoms with E-state index in [9.17, 15) is 14.4 Å². The summed E-state index contributed by atoms with van der Waals surface area (Å²) in [4.78, 5) is 39.4. The molecule has 0 unspecified atom stereocenters. The number of amides is 2. The maximum atomic E-state index is 12.4. The Balaban J connectivity index is 1.40. The Bertz CT molecular complexity index is 904. The monoisotopic (exact) mass is 425 g/mol. The molecule has 1 fully saturated rings. The van der Waals surface area contributed by atoms with Gasteiger partial charge in [-0.05, 0) is 42.0 Å². The molecule has 2 amide bonds. The van der Waals surface area contributed by atoms with E-state index in [1.54, 1.807) is 36.3 Å². The second kappa shape index (κ2) is 10.5. The van der Waals surface area contributed by atoms with Crippen LogP contribution in [0.1, 0.15) is 12.5 Å². The lowest BCUT2D eigenvalue weighted by Crippen LogP contribution is -2.49. The molecular weight excluding hydrogens is 398 g/mol. The minimum Gasteiger partial charge on any atom is -0.497 e. The maximum Gasteiger partial charge on any atom is 0.310 e. The van der Waals surface area contributed by atoms with Crippen LogP contribution >= 0.6 is 0 Å². The predicted molar refractivity (Wildman–Crippen MR) is 117 cm³/mol. The number of hydrogen-bond donors (Lipinski definition) is 1. The fourth-order valence-corrected chi connectivity index (χ4v) is 3.37. The van der Waals surface area contributed by atoms with E-state index in [0.717, 1.165) is 17.0 Å². The van der Waals surface area contributed by atoms with E-state index >= 15 is 0 Å². The molecule has 0 spiro atoms. The van der Waals surface area contributed by atoms with Crippen LogP contribution in [0.4, 0.5) is 11.4 Å². The maximum absolute atomic E-state index is 12.4. The lowest BCUT2D eigenvalue weighted by atomic mass is 10.1. The van der Waals surface area contributed by atoms with Crippen LogP contribution in [-0.2, 0) is 25.5 Å². The average Bonchev–Trinajstić information content (AvgIpc) is 2.78. The molecule has 0 aliphatic carbocycles. The van der Waals surface area contributed by atoms with Crippen LogP contribution in [0.5, 0.6) is 5.75 Å². The third-order valence-electron chi connectivity index (χ3n) is 5.05. The normalized spacial score (nSPS) is 13.5. The van der Waals surface area contributed by atoms with Gasteiger partial charge in [-0.2, -0.15) is 0 Å². The number of benzene rings is 2. The summed E-state index contributed by atoms with van der Waals surface area (Å²) in [7, 11) is 1.63. The molecule has 1 saturated heterocycles. The van der Waals surface area contributed by atoms with E-state index in [0.29, 0.717) is 31.9 Å². The van der Waals surface area contributed by atoms with Crippen molar-refractivity contribution in [2.24, 2.45) is 0 Å². The predicted octanol–water partition coefficient (Wildman–Crippen LogP) is 2.09. The van der Waals surface area contributed by atoms with Gasteiger partial charge < -0.3 is 24.6 Å². The van der Waals surface area contributed by atoms with Crippen molar-refractivity contribution >= 4 is 29.2 Å². The Kier molecular flexibility index (Phi) is 7.48. The highest BCUT2D eigenvalue weighted by Crippen LogP contribution is 2.20. The number of carbonyl (C=O) groups excluding carboxylic acids is 3. The fourth-order valence-electron chi connectivity index (χ4n) is 3.37.